The molecule has 1 aromatic heterocycles. The predicted molar refractivity (Wildman–Crippen MR) is 78.0 cm³/mol. The van der Waals surface area contributed by atoms with Crippen LogP contribution in [0.3, 0.4) is 0 Å². The van der Waals surface area contributed by atoms with Gasteiger partial charge in [0.2, 0.25) is 0 Å². The number of likely N-dealkylation sites (N-methyl/N-ethyl adjacent to an activating group) is 1. The molecule has 1 saturated carbocycles. The molecule has 0 radical (unpaired) electrons. The Morgan fingerprint density at radius 3 is 2.68 bits per heavy atom. The normalized spacial score (nSPS) is 16.0. The van der Waals surface area contributed by atoms with E-state index >= 15 is 0 Å². The number of hydrazine groups is 1. The van der Waals surface area contributed by atoms with Crippen LogP contribution in [0.2, 0.25) is 0 Å². The van der Waals surface area contributed by atoms with Gasteiger partial charge in [0.15, 0.2) is 0 Å². The predicted octanol–water partition coefficient (Wildman–Crippen LogP) is 1.36. The van der Waals surface area contributed by atoms with E-state index in [0.717, 1.165) is 30.5 Å². The van der Waals surface area contributed by atoms with Gasteiger partial charge in [0.1, 0.15) is 18.0 Å². The van der Waals surface area contributed by atoms with Gasteiger partial charge in [-0.3, -0.25) is 0 Å². The molecular weight excluding hydrogens is 240 g/mol. The van der Waals surface area contributed by atoms with Crippen LogP contribution in [-0.2, 0) is 0 Å². The fourth-order valence-corrected chi connectivity index (χ4v) is 2.65. The van der Waals surface area contributed by atoms with Gasteiger partial charge in [-0.25, -0.2) is 15.8 Å². The Labute approximate surface area is 114 Å². The molecule has 1 fully saturated rings. The summed E-state index contributed by atoms with van der Waals surface area (Å²) in [6, 6.07) is 0.759. The third-order valence-electron chi connectivity index (χ3n) is 3.93. The van der Waals surface area contributed by atoms with Gasteiger partial charge in [-0.1, -0.05) is 12.8 Å². The summed E-state index contributed by atoms with van der Waals surface area (Å²) in [6.45, 7) is 3.87. The highest BCUT2D eigenvalue weighted by Gasteiger charge is 2.18. The minimum Gasteiger partial charge on any atom is -0.368 e. The number of aromatic nitrogens is 2. The number of nitrogens with zero attached hydrogens (tertiary/aromatic N) is 3. The monoisotopic (exact) mass is 264 g/mol. The zero-order valence-electron chi connectivity index (χ0n) is 11.8. The molecule has 0 saturated heterocycles. The second kappa shape index (κ2) is 6.68. The van der Waals surface area contributed by atoms with E-state index in [9.17, 15) is 0 Å². The maximum atomic E-state index is 5.40. The van der Waals surface area contributed by atoms with E-state index in [0.29, 0.717) is 5.82 Å². The quantitative estimate of drug-likeness (QED) is 0.532. The molecule has 1 aliphatic rings. The number of hydrogen-bond donors (Lipinski definition) is 3. The third-order valence-corrected chi connectivity index (χ3v) is 3.93. The minimum absolute atomic E-state index is 0.668. The van der Waals surface area contributed by atoms with E-state index in [-0.39, 0.29) is 0 Å². The van der Waals surface area contributed by atoms with Crippen molar-refractivity contribution < 1.29 is 0 Å². The van der Waals surface area contributed by atoms with E-state index < -0.39 is 0 Å². The highest BCUT2D eigenvalue weighted by molar-refractivity contribution is 5.55. The molecule has 1 aliphatic carbocycles. The molecule has 0 aliphatic heterocycles. The number of hydrogen-bond acceptors (Lipinski definition) is 6. The van der Waals surface area contributed by atoms with Crippen molar-refractivity contribution in [1.29, 1.82) is 0 Å². The van der Waals surface area contributed by atoms with Gasteiger partial charge in [0.25, 0.3) is 0 Å². The molecular formula is C13H24N6. The Bertz CT molecular complexity index is 402. The smallest absolute Gasteiger partial charge is 0.148 e. The maximum absolute atomic E-state index is 5.40. The van der Waals surface area contributed by atoms with Crippen LogP contribution >= 0.6 is 0 Å². The third kappa shape index (κ3) is 3.54. The number of anilines is 2. The molecule has 0 amide bonds. The van der Waals surface area contributed by atoms with Crippen LogP contribution in [0.1, 0.15) is 31.2 Å². The van der Waals surface area contributed by atoms with E-state index in [1.54, 1.807) is 0 Å². The molecule has 0 aromatic carbocycles. The first-order valence-electron chi connectivity index (χ1n) is 6.94. The number of nitrogen functional groups attached to an aromatic ring is 1. The summed E-state index contributed by atoms with van der Waals surface area (Å²) in [5.74, 6) is 6.92. The maximum Gasteiger partial charge on any atom is 0.148 e. The molecule has 6 heteroatoms. The van der Waals surface area contributed by atoms with Crippen LogP contribution in [0.4, 0.5) is 11.6 Å². The zero-order chi connectivity index (χ0) is 13.7. The lowest BCUT2D eigenvalue weighted by atomic mass is 10.2. The van der Waals surface area contributed by atoms with Gasteiger partial charge in [0, 0.05) is 24.7 Å². The van der Waals surface area contributed by atoms with Crippen molar-refractivity contribution in [3.05, 3.63) is 11.9 Å². The Kier molecular flexibility index (Phi) is 4.93. The van der Waals surface area contributed by atoms with E-state index in [1.165, 1.54) is 32.0 Å². The summed E-state index contributed by atoms with van der Waals surface area (Å²) in [5.41, 5.74) is 3.53. The summed E-state index contributed by atoms with van der Waals surface area (Å²) in [7, 11) is 2.21. The summed E-state index contributed by atoms with van der Waals surface area (Å²) >= 11 is 0. The Morgan fingerprint density at radius 2 is 2.00 bits per heavy atom. The van der Waals surface area contributed by atoms with Gasteiger partial charge in [-0.05, 0) is 26.8 Å². The second-order valence-corrected chi connectivity index (χ2v) is 5.19. The average Bonchev–Trinajstić information content (AvgIpc) is 2.94. The molecule has 0 unspecified atom stereocenters. The van der Waals surface area contributed by atoms with Crippen LogP contribution in [0.25, 0.3) is 0 Å². The Morgan fingerprint density at radius 1 is 1.32 bits per heavy atom. The molecule has 0 atom stereocenters. The number of rotatable bonds is 6. The fraction of sp³-hybridized carbons (Fsp3) is 0.692. The molecule has 6 nitrogen and oxygen atoms in total. The lowest BCUT2D eigenvalue weighted by Gasteiger charge is -2.24. The van der Waals surface area contributed by atoms with Crippen molar-refractivity contribution in [3.8, 4) is 0 Å². The Balaban J connectivity index is 1.82. The molecule has 1 heterocycles. The van der Waals surface area contributed by atoms with E-state index in [1.807, 2.05) is 6.92 Å². The summed E-state index contributed by atoms with van der Waals surface area (Å²) < 4.78 is 0. The van der Waals surface area contributed by atoms with Crippen LogP contribution in [0.5, 0.6) is 0 Å². The molecule has 2 rings (SSSR count). The molecule has 19 heavy (non-hydrogen) atoms. The highest BCUT2D eigenvalue weighted by atomic mass is 15.3. The van der Waals surface area contributed by atoms with Crippen molar-refractivity contribution in [2.45, 2.75) is 38.6 Å². The summed E-state index contributed by atoms with van der Waals surface area (Å²) in [4.78, 5) is 10.8. The average molecular weight is 264 g/mol. The van der Waals surface area contributed by atoms with Crippen LogP contribution < -0.4 is 16.6 Å². The zero-order valence-corrected chi connectivity index (χ0v) is 11.8. The highest BCUT2D eigenvalue weighted by Crippen LogP contribution is 2.22. The minimum atomic E-state index is 0.668. The van der Waals surface area contributed by atoms with Crippen LogP contribution in [0.15, 0.2) is 6.33 Å². The fourth-order valence-electron chi connectivity index (χ4n) is 2.65. The summed E-state index contributed by atoms with van der Waals surface area (Å²) in [5, 5.41) is 3.35. The van der Waals surface area contributed by atoms with Gasteiger partial charge in [0.05, 0.1) is 0 Å². The molecule has 0 bridgehead atoms. The van der Waals surface area contributed by atoms with Crippen molar-refractivity contribution in [1.82, 2.24) is 14.9 Å². The van der Waals surface area contributed by atoms with Gasteiger partial charge >= 0.3 is 0 Å². The molecule has 1 aromatic rings. The van der Waals surface area contributed by atoms with Gasteiger partial charge in [-0.2, -0.15) is 0 Å². The van der Waals surface area contributed by atoms with Crippen molar-refractivity contribution in [2.24, 2.45) is 5.84 Å². The number of nitrogens with one attached hydrogen (secondary N) is 2. The second-order valence-electron chi connectivity index (χ2n) is 5.19. The topological polar surface area (TPSA) is 79.1 Å². The van der Waals surface area contributed by atoms with E-state index in [2.05, 4.69) is 32.7 Å². The largest absolute Gasteiger partial charge is 0.368 e. The van der Waals surface area contributed by atoms with Crippen molar-refractivity contribution in [3.63, 3.8) is 0 Å². The molecule has 0 spiro atoms. The summed E-state index contributed by atoms with van der Waals surface area (Å²) in [6.07, 6.45) is 6.94. The SMILES string of the molecule is Cc1c(NN)ncnc1NCCN(C)C1CCCC1. The first-order chi connectivity index (χ1) is 9.22. The first-order valence-corrected chi connectivity index (χ1v) is 6.94. The molecule has 4 N–H and O–H groups in total. The standard InChI is InChI=1S/C13H24N6/c1-10-12(16-9-17-13(10)18-14)15-7-8-19(2)11-5-3-4-6-11/h9,11H,3-8,14H2,1-2H3,(H2,15,16,17,18). The lowest BCUT2D eigenvalue weighted by molar-refractivity contribution is 0.254. The van der Waals surface area contributed by atoms with Crippen LogP contribution in [0, 0.1) is 6.92 Å². The number of nitrogens with two attached hydrogens (primary N) is 1. The van der Waals surface area contributed by atoms with E-state index in [4.69, 9.17) is 5.84 Å². The lowest BCUT2D eigenvalue weighted by Crippen LogP contribution is -2.33. The van der Waals surface area contributed by atoms with Gasteiger partial charge < -0.3 is 15.6 Å². The molecule has 106 valence electrons. The first kappa shape index (κ1) is 14.0. The van der Waals surface area contributed by atoms with Crippen LogP contribution in [-0.4, -0.2) is 41.0 Å². The Hall–Kier alpha value is -1.40. The van der Waals surface area contributed by atoms with Gasteiger partial charge in [-0.15, -0.1) is 0 Å². The van der Waals surface area contributed by atoms with Crippen molar-refractivity contribution in [2.75, 3.05) is 30.9 Å². The van der Waals surface area contributed by atoms with Crippen molar-refractivity contribution >= 4 is 11.6 Å².